The summed E-state index contributed by atoms with van der Waals surface area (Å²) in [5.41, 5.74) is 3.41. The monoisotopic (exact) mass is 350 g/mol. The lowest BCUT2D eigenvalue weighted by molar-refractivity contribution is -0.138. The highest BCUT2D eigenvalue weighted by molar-refractivity contribution is 5.81. The Kier molecular flexibility index (Phi) is 6.99. The van der Waals surface area contributed by atoms with E-state index >= 15 is 0 Å². The van der Waals surface area contributed by atoms with E-state index in [2.05, 4.69) is 24.3 Å². The fraction of sp³-hybridized carbons (Fsp3) is 0.722. The number of piperidine rings is 1. The summed E-state index contributed by atoms with van der Waals surface area (Å²) in [6.45, 7) is 8.88. The normalized spacial score (nSPS) is 17.6. The predicted molar refractivity (Wildman–Crippen MR) is 95.3 cm³/mol. The molecule has 1 aliphatic rings. The quantitative estimate of drug-likeness (QED) is 0.798. The van der Waals surface area contributed by atoms with Gasteiger partial charge in [0.25, 0.3) is 0 Å². The molecule has 1 fully saturated rings. The summed E-state index contributed by atoms with van der Waals surface area (Å²) in [6, 6.07) is 0. The number of hydrogen-bond donors (Lipinski definition) is 1. The van der Waals surface area contributed by atoms with Crippen LogP contribution < -0.4 is 5.32 Å². The Bertz CT molecular complexity index is 612. The van der Waals surface area contributed by atoms with E-state index in [1.54, 1.807) is 4.90 Å². The van der Waals surface area contributed by atoms with Crippen LogP contribution in [0.5, 0.6) is 0 Å². The first-order valence-corrected chi connectivity index (χ1v) is 9.05. The molecule has 2 heterocycles. The third kappa shape index (κ3) is 4.81. The Hall–Kier alpha value is -1.89. The minimum Gasteiger partial charge on any atom is -0.375 e. The van der Waals surface area contributed by atoms with E-state index in [1.165, 1.54) is 18.4 Å². The fourth-order valence-electron chi connectivity index (χ4n) is 3.49. The van der Waals surface area contributed by atoms with E-state index in [0.717, 1.165) is 31.5 Å². The third-order valence-electron chi connectivity index (χ3n) is 4.92. The third-order valence-corrected chi connectivity index (χ3v) is 4.92. The summed E-state index contributed by atoms with van der Waals surface area (Å²) in [7, 11) is 1.51. The summed E-state index contributed by atoms with van der Waals surface area (Å²) < 4.78 is 6.89. The number of nitrogens with one attached hydrogen (secondary N) is 1. The Morgan fingerprint density at radius 3 is 2.76 bits per heavy atom. The maximum absolute atomic E-state index is 12.4. The molecule has 1 aromatic rings. The molecule has 0 aliphatic carbocycles. The average Bonchev–Trinajstić information content (AvgIpc) is 2.89. The number of rotatable bonds is 7. The van der Waals surface area contributed by atoms with E-state index < -0.39 is 0 Å². The van der Waals surface area contributed by atoms with Crippen molar-refractivity contribution in [3.05, 3.63) is 17.0 Å². The van der Waals surface area contributed by atoms with Crippen LogP contribution in [0, 0.1) is 19.8 Å². The number of amides is 2. The lowest BCUT2D eigenvalue weighted by atomic mass is 9.97. The predicted octanol–water partition coefficient (Wildman–Crippen LogP) is 1.06. The molecule has 0 unspecified atom stereocenters. The van der Waals surface area contributed by atoms with E-state index in [1.807, 2.05) is 11.6 Å². The van der Waals surface area contributed by atoms with Gasteiger partial charge in [-0.05, 0) is 45.6 Å². The van der Waals surface area contributed by atoms with Gasteiger partial charge in [-0.3, -0.25) is 14.3 Å². The summed E-state index contributed by atoms with van der Waals surface area (Å²) >= 11 is 0. The lowest BCUT2D eigenvalue weighted by Gasteiger charge is -2.31. The topological polar surface area (TPSA) is 76.5 Å². The van der Waals surface area contributed by atoms with Crippen molar-refractivity contribution in [3.63, 3.8) is 0 Å². The Labute approximate surface area is 149 Å². The molecule has 0 saturated carbocycles. The zero-order valence-electron chi connectivity index (χ0n) is 15.8. The Balaban J connectivity index is 1.84. The van der Waals surface area contributed by atoms with Gasteiger partial charge in [-0.15, -0.1) is 0 Å². The van der Waals surface area contributed by atoms with E-state index in [-0.39, 0.29) is 24.3 Å². The average molecular weight is 350 g/mol. The van der Waals surface area contributed by atoms with Gasteiger partial charge in [0.05, 0.1) is 11.6 Å². The Morgan fingerprint density at radius 1 is 1.36 bits per heavy atom. The van der Waals surface area contributed by atoms with Crippen LogP contribution in [-0.4, -0.2) is 59.8 Å². The van der Waals surface area contributed by atoms with Crippen LogP contribution in [0.4, 0.5) is 0 Å². The van der Waals surface area contributed by atoms with Gasteiger partial charge in [0.2, 0.25) is 11.8 Å². The maximum atomic E-state index is 12.4. The van der Waals surface area contributed by atoms with Crippen molar-refractivity contribution in [1.82, 2.24) is 20.0 Å². The molecule has 2 rings (SSSR count). The largest absolute Gasteiger partial charge is 0.375 e. The molecule has 7 nitrogen and oxygen atoms in total. The molecule has 0 radical (unpaired) electrons. The maximum Gasteiger partial charge on any atom is 0.248 e. The number of nitrogens with zero attached hydrogens (tertiary/aromatic N) is 3. The molecule has 0 bridgehead atoms. The van der Waals surface area contributed by atoms with Gasteiger partial charge in [0, 0.05) is 39.0 Å². The van der Waals surface area contributed by atoms with E-state index in [0.29, 0.717) is 19.6 Å². The summed E-state index contributed by atoms with van der Waals surface area (Å²) in [5.74, 6) is -0.138. The van der Waals surface area contributed by atoms with Crippen molar-refractivity contribution in [2.75, 3.05) is 33.4 Å². The number of hydrogen-bond acceptors (Lipinski definition) is 4. The number of methoxy groups -OCH3 is 1. The molecule has 1 atom stereocenters. The molecule has 140 valence electrons. The first-order chi connectivity index (χ1) is 12.0. The highest BCUT2D eigenvalue weighted by atomic mass is 16.5. The van der Waals surface area contributed by atoms with Crippen LogP contribution in [0.2, 0.25) is 0 Å². The van der Waals surface area contributed by atoms with Crippen molar-refractivity contribution in [2.45, 2.75) is 46.6 Å². The van der Waals surface area contributed by atoms with Crippen LogP contribution in [-0.2, 0) is 27.3 Å². The number of carbonyl (C=O) groups is 2. The highest BCUT2D eigenvalue weighted by Gasteiger charge is 2.28. The van der Waals surface area contributed by atoms with Crippen molar-refractivity contribution >= 4 is 11.8 Å². The van der Waals surface area contributed by atoms with Gasteiger partial charge in [-0.1, -0.05) is 0 Å². The number of carbonyl (C=O) groups excluding carboxylic acids is 2. The van der Waals surface area contributed by atoms with Crippen molar-refractivity contribution in [1.29, 1.82) is 0 Å². The second-order valence-electron chi connectivity index (χ2n) is 6.62. The standard InChI is InChI=1S/C18H30N4O3/c1-5-22-14(3)16(13(2)20-22)8-9-19-18(24)15-7-6-10-21(11-15)17(23)12-25-4/h15H,5-12H2,1-4H3,(H,19,24)/t15-/m1/s1. The second kappa shape index (κ2) is 8.99. The molecule has 0 spiro atoms. The number of aryl methyl sites for hydroxylation is 2. The van der Waals surface area contributed by atoms with Gasteiger partial charge >= 0.3 is 0 Å². The molecule has 7 heteroatoms. The number of aromatic nitrogens is 2. The summed E-state index contributed by atoms with van der Waals surface area (Å²) in [5, 5.41) is 7.54. The molecule has 2 amide bonds. The molecule has 25 heavy (non-hydrogen) atoms. The van der Waals surface area contributed by atoms with Crippen molar-refractivity contribution in [3.8, 4) is 0 Å². The Morgan fingerprint density at radius 2 is 2.12 bits per heavy atom. The van der Waals surface area contributed by atoms with Crippen LogP contribution in [0.25, 0.3) is 0 Å². The van der Waals surface area contributed by atoms with Crippen LogP contribution in [0.1, 0.15) is 36.7 Å². The van der Waals surface area contributed by atoms with Crippen molar-refractivity contribution < 1.29 is 14.3 Å². The molecular weight excluding hydrogens is 320 g/mol. The minimum absolute atomic E-state index is 0.0353. The molecule has 1 saturated heterocycles. The van der Waals surface area contributed by atoms with Gasteiger partial charge in [-0.2, -0.15) is 5.10 Å². The summed E-state index contributed by atoms with van der Waals surface area (Å²) in [4.78, 5) is 26.1. The zero-order chi connectivity index (χ0) is 18.4. The van der Waals surface area contributed by atoms with Gasteiger partial charge < -0.3 is 15.0 Å². The number of likely N-dealkylation sites (tertiary alicyclic amines) is 1. The minimum atomic E-state index is -0.130. The number of ether oxygens (including phenoxy) is 1. The van der Waals surface area contributed by atoms with Crippen molar-refractivity contribution in [2.24, 2.45) is 5.92 Å². The van der Waals surface area contributed by atoms with Gasteiger partial charge in [-0.25, -0.2) is 0 Å². The SMILES string of the molecule is CCn1nc(C)c(CCNC(=O)[C@@H]2CCCN(C(=O)COC)C2)c1C. The molecule has 1 aromatic heterocycles. The molecule has 0 aromatic carbocycles. The second-order valence-corrected chi connectivity index (χ2v) is 6.62. The van der Waals surface area contributed by atoms with Crippen LogP contribution in [0.15, 0.2) is 0 Å². The fourth-order valence-corrected chi connectivity index (χ4v) is 3.49. The van der Waals surface area contributed by atoms with E-state index in [4.69, 9.17) is 4.74 Å². The van der Waals surface area contributed by atoms with Crippen LogP contribution in [0.3, 0.4) is 0 Å². The smallest absolute Gasteiger partial charge is 0.248 e. The molecule has 1 aliphatic heterocycles. The zero-order valence-corrected chi connectivity index (χ0v) is 15.8. The van der Waals surface area contributed by atoms with Gasteiger partial charge in [0.15, 0.2) is 0 Å². The molecular formula is C18H30N4O3. The lowest BCUT2D eigenvalue weighted by Crippen LogP contribution is -2.46. The van der Waals surface area contributed by atoms with Crippen LogP contribution >= 0.6 is 0 Å². The van der Waals surface area contributed by atoms with Gasteiger partial charge in [0.1, 0.15) is 6.61 Å². The highest BCUT2D eigenvalue weighted by Crippen LogP contribution is 2.17. The first kappa shape index (κ1) is 19.4. The van der Waals surface area contributed by atoms with E-state index in [9.17, 15) is 9.59 Å². The molecule has 1 N–H and O–H groups in total. The first-order valence-electron chi connectivity index (χ1n) is 9.05. The summed E-state index contributed by atoms with van der Waals surface area (Å²) in [6.07, 6.45) is 2.46.